The molecule has 0 saturated carbocycles. The van der Waals surface area contributed by atoms with Crippen molar-refractivity contribution in [3.63, 3.8) is 0 Å². The first-order valence-electron chi connectivity index (χ1n) is 6.51. The Bertz CT molecular complexity index is 623. The van der Waals surface area contributed by atoms with Gasteiger partial charge in [-0.25, -0.2) is 13.6 Å². The maximum atomic E-state index is 12.1. The summed E-state index contributed by atoms with van der Waals surface area (Å²) in [6, 6.07) is 4.21. The molecule has 0 aliphatic carbocycles. The molecular weight excluding hydrogens is 296 g/mol. The third kappa shape index (κ3) is 3.93. The van der Waals surface area contributed by atoms with Crippen LogP contribution in [0.3, 0.4) is 0 Å². The first-order valence-corrected chi connectivity index (χ1v) is 8.06. The second-order valence-corrected chi connectivity index (χ2v) is 6.34. The van der Waals surface area contributed by atoms with E-state index >= 15 is 0 Å². The number of methoxy groups -OCH3 is 1. The van der Waals surface area contributed by atoms with E-state index in [2.05, 4.69) is 5.32 Å². The number of ether oxygens (including phenoxy) is 2. The van der Waals surface area contributed by atoms with Crippen LogP contribution in [0.1, 0.15) is 12.8 Å². The van der Waals surface area contributed by atoms with Gasteiger partial charge in [-0.3, -0.25) is 4.79 Å². The minimum absolute atomic E-state index is 0.0928. The fourth-order valence-electron chi connectivity index (χ4n) is 2.17. The molecular formula is C13H18N2O5S. The molecule has 1 aromatic rings. The van der Waals surface area contributed by atoms with Crippen molar-refractivity contribution in [3.05, 3.63) is 18.2 Å². The van der Waals surface area contributed by atoms with Crippen LogP contribution in [0.25, 0.3) is 0 Å². The van der Waals surface area contributed by atoms with Crippen molar-refractivity contribution < 1.29 is 22.7 Å². The van der Waals surface area contributed by atoms with Gasteiger partial charge in [-0.15, -0.1) is 0 Å². The summed E-state index contributed by atoms with van der Waals surface area (Å²) in [5.41, 5.74) is 0.454. The molecule has 1 aromatic carbocycles. The standard InChI is InChI=1S/C13H18N2O5S/c1-19-11-7-10(4-5-12(11)21(14,17)18)15-13(16)9-3-2-6-20-8-9/h4-5,7,9H,2-3,6,8H2,1H3,(H,15,16)(H2,14,17,18). The van der Waals surface area contributed by atoms with Gasteiger partial charge in [0.05, 0.1) is 19.6 Å². The molecule has 1 aliphatic rings. The number of anilines is 1. The number of nitrogens with one attached hydrogen (secondary N) is 1. The Morgan fingerprint density at radius 2 is 2.24 bits per heavy atom. The number of sulfonamides is 1. The van der Waals surface area contributed by atoms with Crippen LogP contribution in [0.4, 0.5) is 5.69 Å². The Hall–Kier alpha value is -1.64. The molecule has 21 heavy (non-hydrogen) atoms. The molecule has 2 rings (SSSR count). The van der Waals surface area contributed by atoms with Gasteiger partial charge in [0.25, 0.3) is 0 Å². The molecule has 1 heterocycles. The highest BCUT2D eigenvalue weighted by Gasteiger charge is 2.22. The number of benzene rings is 1. The van der Waals surface area contributed by atoms with E-state index in [1.54, 1.807) is 0 Å². The lowest BCUT2D eigenvalue weighted by atomic mass is 10.0. The zero-order valence-corrected chi connectivity index (χ0v) is 12.5. The number of nitrogens with two attached hydrogens (primary N) is 1. The van der Waals surface area contributed by atoms with Crippen LogP contribution in [0, 0.1) is 5.92 Å². The maximum Gasteiger partial charge on any atom is 0.241 e. The minimum Gasteiger partial charge on any atom is -0.495 e. The number of amides is 1. The van der Waals surface area contributed by atoms with Gasteiger partial charge in [0.2, 0.25) is 15.9 Å². The van der Waals surface area contributed by atoms with Gasteiger partial charge in [0.1, 0.15) is 10.6 Å². The normalized spacial score (nSPS) is 19.0. The average molecular weight is 314 g/mol. The van der Waals surface area contributed by atoms with Crippen molar-refractivity contribution >= 4 is 21.6 Å². The number of carbonyl (C=O) groups excluding carboxylic acids is 1. The molecule has 1 aliphatic heterocycles. The van der Waals surface area contributed by atoms with E-state index in [1.165, 1.54) is 25.3 Å². The van der Waals surface area contributed by atoms with Crippen LogP contribution >= 0.6 is 0 Å². The first kappa shape index (κ1) is 15.7. The predicted octanol–water partition coefficient (Wildman–Crippen LogP) is 0.708. The molecule has 0 aromatic heterocycles. The Labute approximate surface area is 123 Å². The molecule has 1 saturated heterocycles. The number of carbonyl (C=O) groups is 1. The molecule has 1 unspecified atom stereocenters. The summed E-state index contributed by atoms with van der Waals surface area (Å²) >= 11 is 0. The van der Waals surface area contributed by atoms with E-state index in [1.807, 2.05) is 0 Å². The van der Waals surface area contributed by atoms with Crippen LogP contribution in [0.5, 0.6) is 5.75 Å². The fourth-order valence-corrected chi connectivity index (χ4v) is 2.85. The first-order chi connectivity index (χ1) is 9.91. The van der Waals surface area contributed by atoms with E-state index in [0.717, 1.165) is 12.8 Å². The lowest BCUT2D eigenvalue weighted by Crippen LogP contribution is -2.30. The van der Waals surface area contributed by atoms with Crippen molar-refractivity contribution in [3.8, 4) is 5.75 Å². The lowest BCUT2D eigenvalue weighted by molar-refractivity contribution is -0.123. The maximum absolute atomic E-state index is 12.1. The topological polar surface area (TPSA) is 108 Å². The smallest absolute Gasteiger partial charge is 0.241 e. The summed E-state index contributed by atoms with van der Waals surface area (Å²) in [4.78, 5) is 12.0. The van der Waals surface area contributed by atoms with Crippen LogP contribution in [-0.2, 0) is 19.6 Å². The van der Waals surface area contributed by atoms with Crippen LogP contribution < -0.4 is 15.2 Å². The molecule has 0 spiro atoms. The van der Waals surface area contributed by atoms with E-state index in [0.29, 0.717) is 18.9 Å². The molecule has 1 fully saturated rings. The zero-order chi connectivity index (χ0) is 15.5. The zero-order valence-electron chi connectivity index (χ0n) is 11.7. The van der Waals surface area contributed by atoms with Gasteiger partial charge in [-0.05, 0) is 25.0 Å². The van der Waals surface area contributed by atoms with Crippen molar-refractivity contribution in [1.82, 2.24) is 0 Å². The molecule has 1 atom stereocenters. The molecule has 3 N–H and O–H groups in total. The summed E-state index contributed by atoms with van der Waals surface area (Å²) in [5, 5.41) is 7.82. The monoisotopic (exact) mass is 314 g/mol. The summed E-state index contributed by atoms with van der Waals surface area (Å²) in [7, 11) is -2.53. The van der Waals surface area contributed by atoms with Gasteiger partial charge in [-0.1, -0.05) is 0 Å². The van der Waals surface area contributed by atoms with Gasteiger partial charge in [0.15, 0.2) is 0 Å². The van der Waals surface area contributed by atoms with E-state index in [9.17, 15) is 13.2 Å². The van der Waals surface area contributed by atoms with Gasteiger partial charge >= 0.3 is 0 Å². The molecule has 0 radical (unpaired) electrons. The summed E-state index contributed by atoms with van der Waals surface area (Å²) in [6.45, 7) is 1.08. The third-order valence-electron chi connectivity index (χ3n) is 3.27. The van der Waals surface area contributed by atoms with Crippen LogP contribution in [0.15, 0.2) is 23.1 Å². The highest BCUT2D eigenvalue weighted by molar-refractivity contribution is 7.89. The summed E-state index contributed by atoms with van der Waals surface area (Å²) in [6.07, 6.45) is 1.63. The Morgan fingerprint density at radius 1 is 1.48 bits per heavy atom. The van der Waals surface area contributed by atoms with Crippen LogP contribution in [-0.4, -0.2) is 34.6 Å². The summed E-state index contributed by atoms with van der Waals surface area (Å²) < 4.78 is 33.0. The second kappa shape index (κ2) is 6.42. The number of primary sulfonamides is 1. The number of hydrogen-bond donors (Lipinski definition) is 2. The fraction of sp³-hybridized carbons (Fsp3) is 0.462. The lowest BCUT2D eigenvalue weighted by Gasteiger charge is -2.21. The van der Waals surface area contributed by atoms with Gasteiger partial charge in [-0.2, -0.15) is 0 Å². The minimum atomic E-state index is -3.87. The number of rotatable bonds is 4. The van der Waals surface area contributed by atoms with Gasteiger partial charge in [0, 0.05) is 18.4 Å². The largest absolute Gasteiger partial charge is 0.495 e. The Balaban J connectivity index is 2.15. The molecule has 0 bridgehead atoms. The SMILES string of the molecule is COc1cc(NC(=O)C2CCCOC2)ccc1S(N)(=O)=O. The summed E-state index contributed by atoms with van der Waals surface area (Å²) in [5.74, 6) is -0.252. The number of hydrogen-bond acceptors (Lipinski definition) is 5. The van der Waals surface area contributed by atoms with Crippen LogP contribution in [0.2, 0.25) is 0 Å². The Morgan fingerprint density at radius 3 is 2.81 bits per heavy atom. The highest BCUT2D eigenvalue weighted by atomic mass is 32.2. The van der Waals surface area contributed by atoms with E-state index in [4.69, 9.17) is 14.6 Å². The second-order valence-electron chi connectivity index (χ2n) is 4.81. The predicted molar refractivity (Wildman–Crippen MR) is 76.5 cm³/mol. The van der Waals surface area contributed by atoms with Gasteiger partial charge < -0.3 is 14.8 Å². The molecule has 1 amide bonds. The third-order valence-corrected chi connectivity index (χ3v) is 4.22. The van der Waals surface area contributed by atoms with Crippen molar-refractivity contribution in [1.29, 1.82) is 0 Å². The average Bonchev–Trinajstić information content (AvgIpc) is 2.46. The van der Waals surface area contributed by atoms with E-state index < -0.39 is 10.0 Å². The molecule has 116 valence electrons. The van der Waals surface area contributed by atoms with Crippen molar-refractivity contribution in [2.75, 3.05) is 25.6 Å². The highest BCUT2D eigenvalue weighted by Crippen LogP contribution is 2.27. The molecule has 7 nitrogen and oxygen atoms in total. The Kier molecular flexibility index (Phi) is 4.81. The van der Waals surface area contributed by atoms with Crippen molar-refractivity contribution in [2.24, 2.45) is 11.1 Å². The van der Waals surface area contributed by atoms with Crippen molar-refractivity contribution in [2.45, 2.75) is 17.7 Å². The quantitative estimate of drug-likeness (QED) is 0.851. The van der Waals surface area contributed by atoms with E-state index in [-0.39, 0.29) is 22.5 Å². The molecule has 8 heteroatoms.